The van der Waals surface area contributed by atoms with Crippen LogP contribution in [0.25, 0.3) is 0 Å². The highest BCUT2D eigenvalue weighted by Gasteiger charge is 2.60. The number of carbonyl (C=O) groups excluding carboxylic acids is 4. The first kappa shape index (κ1) is 109. The van der Waals surface area contributed by atoms with Crippen LogP contribution >= 0.6 is 7.82 Å². The Labute approximate surface area is 712 Å². The highest BCUT2D eigenvalue weighted by molar-refractivity contribution is 7.47. The lowest BCUT2D eigenvalue weighted by atomic mass is 9.84. The van der Waals surface area contributed by atoms with Gasteiger partial charge in [0.15, 0.2) is 24.8 Å². The van der Waals surface area contributed by atoms with Gasteiger partial charge < -0.3 is 88.7 Å². The molecule has 3 fully saturated rings. The van der Waals surface area contributed by atoms with Crippen LogP contribution in [0.5, 0.6) is 0 Å². The maximum absolute atomic E-state index is 14.9. The van der Waals surface area contributed by atoms with Gasteiger partial charge in [0.1, 0.15) is 92.6 Å². The number of phosphoric ester groups is 1. The van der Waals surface area contributed by atoms with Gasteiger partial charge in [-0.2, -0.15) is 0 Å². The Kier molecular flexibility index (Phi) is 66.2. The topological polar surface area (TPSA) is 380 Å². The number of phosphoric acid groups is 1. The van der Waals surface area contributed by atoms with Crippen LogP contribution in [0.4, 0.5) is 0 Å². The molecule has 0 spiro atoms. The van der Waals surface area contributed by atoms with Gasteiger partial charge in [-0.05, 0) is 51.4 Å². The molecule has 18 unspecified atom stereocenters. The van der Waals surface area contributed by atoms with E-state index in [9.17, 15) is 74.6 Å². The van der Waals surface area contributed by atoms with Crippen molar-refractivity contribution in [2.45, 2.75) is 524 Å². The Morgan fingerprint density at radius 3 is 1.02 bits per heavy atom. The normalized spacial score (nSPS) is 24.9. The average molecular weight is 1710 g/mol. The lowest BCUT2D eigenvalue weighted by molar-refractivity contribution is -0.360. The predicted molar refractivity (Wildman–Crippen MR) is 458 cm³/mol. The molecule has 1 aliphatic carbocycles. The number of hydrogen-bond acceptors (Lipinski definition) is 24. The third-order valence-corrected chi connectivity index (χ3v) is 24.5. The van der Waals surface area contributed by atoms with Gasteiger partial charge >= 0.3 is 31.7 Å². The van der Waals surface area contributed by atoms with Crippen molar-refractivity contribution < 1.29 is 122 Å². The van der Waals surface area contributed by atoms with E-state index in [1.54, 1.807) is 0 Å². The van der Waals surface area contributed by atoms with Crippen molar-refractivity contribution in [3.63, 3.8) is 0 Å². The number of unbranched alkanes of at least 4 members (excludes halogenated alkanes) is 52. The summed E-state index contributed by atoms with van der Waals surface area (Å²) in [4.78, 5) is 66.5. The Morgan fingerprint density at radius 2 is 0.636 bits per heavy atom. The van der Waals surface area contributed by atoms with E-state index in [0.29, 0.717) is 32.1 Å². The largest absolute Gasteiger partial charge is 0.472 e. The number of allylic oxidation sites excluding steroid dienone is 2. The van der Waals surface area contributed by atoms with E-state index in [1.807, 2.05) is 0 Å². The van der Waals surface area contributed by atoms with Gasteiger partial charge in [0.2, 0.25) is 0 Å². The molecule has 10 N–H and O–H groups in total. The molecule has 0 amide bonds. The quantitative estimate of drug-likeness (QED) is 0.00889. The SMILES string of the molecule is CCCCCC/C=C\CCCCCCCCCC(=O)OCC(COP(=O)(O)OC1C(OC2OC(CO)C(O)C(O)C2O)C(O)C(O)C(OC(=O)CCCCCCCCCCCCCCC)C1OC1OC(COC(=O)CCCCCCCCCCCCCCCCCC)C(O)C(O)C1O)OC(=O)CCCCCCCCCCCCCCCCC. The summed E-state index contributed by atoms with van der Waals surface area (Å²) < 4.78 is 73.5. The second kappa shape index (κ2) is 71.4. The molecule has 18 atom stereocenters. The molecule has 0 aromatic heterocycles. The zero-order valence-electron chi connectivity index (χ0n) is 74.0. The number of carbonyl (C=O) groups is 4. The van der Waals surface area contributed by atoms with Crippen LogP contribution in [0.3, 0.4) is 0 Å². The van der Waals surface area contributed by atoms with E-state index in [1.165, 1.54) is 186 Å². The molecule has 26 heteroatoms. The summed E-state index contributed by atoms with van der Waals surface area (Å²) >= 11 is 0. The minimum Gasteiger partial charge on any atom is -0.463 e. The van der Waals surface area contributed by atoms with Crippen molar-refractivity contribution in [3.8, 4) is 0 Å². The molecule has 118 heavy (non-hydrogen) atoms. The fourth-order valence-corrected chi connectivity index (χ4v) is 16.9. The van der Waals surface area contributed by atoms with Gasteiger partial charge in [-0.3, -0.25) is 28.2 Å². The van der Waals surface area contributed by atoms with E-state index in [2.05, 4.69) is 39.8 Å². The van der Waals surface area contributed by atoms with Gasteiger partial charge in [0.25, 0.3) is 0 Å². The first-order valence-electron chi connectivity index (χ1n) is 47.9. The first-order valence-corrected chi connectivity index (χ1v) is 49.4. The van der Waals surface area contributed by atoms with Crippen LogP contribution in [0.15, 0.2) is 12.2 Å². The second-order valence-electron chi connectivity index (χ2n) is 34.2. The van der Waals surface area contributed by atoms with E-state index < -0.39 is 162 Å². The Balaban J connectivity index is 1.90. The van der Waals surface area contributed by atoms with E-state index in [0.717, 1.165) is 148 Å². The van der Waals surface area contributed by atoms with Crippen molar-refractivity contribution in [2.75, 3.05) is 26.4 Å². The smallest absolute Gasteiger partial charge is 0.463 e. The summed E-state index contributed by atoms with van der Waals surface area (Å²) in [5.41, 5.74) is 0. The molecular weight excluding hydrogens is 1540 g/mol. The van der Waals surface area contributed by atoms with Crippen LogP contribution in [-0.2, 0) is 70.7 Å². The molecule has 0 aromatic carbocycles. The van der Waals surface area contributed by atoms with Gasteiger partial charge in [0, 0.05) is 25.7 Å². The number of esters is 4. The van der Waals surface area contributed by atoms with Gasteiger partial charge in [0.05, 0.1) is 13.2 Å². The second-order valence-corrected chi connectivity index (χ2v) is 35.6. The number of aliphatic hydroxyl groups is 9. The number of aliphatic hydroxyl groups excluding tert-OH is 9. The molecule has 3 aliphatic rings. The lowest BCUT2D eigenvalue weighted by Crippen LogP contribution is -2.70. The zero-order valence-corrected chi connectivity index (χ0v) is 74.9. The highest BCUT2D eigenvalue weighted by atomic mass is 31.2. The van der Waals surface area contributed by atoms with Gasteiger partial charge in [-0.15, -0.1) is 0 Å². The van der Waals surface area contributed by atoms with E-state index in [4.69, 9.17) is 46.9 Å². The van der Waals surface area contributed by atoms with Crippen LogP contribution < -0.4 is 0 Å². The summed E-state index contributed by atoms with van der Waals surface area (Å²) in [7, 11) is -5.80. The molecule has 2 aliphatic heterocycles. The molecule has 0 radical (unpaired) electrons. The Morgan fingerprint density at radius 1 is 0.331 bits per heavy atom. The summed E-state index contributed by atoms with van der Waals surface area (Å²) in [6.45, 7) is 5.61. The average Bonchev–Trinajstić information content (AvgIpc) is 0.754. The Bertz CT molecular complexity index is 2500. The van der Waals surface area contributed by atoms with Crippen molar-refractivity contribution in [1.82, 2.24) is 0 Å². The maximum atomic E-state index is 14.9. The van der Waals surface area contributed by atoms with Crippen LogP contribution in [0.2, 0.25) is 0 Å². The summed E-state index contributed by atoms with van der Waals surface area (Å²) in [6, 6.07) is 0. The number of rotatable bonds is 78. The summed E-state index contributed by atoms with van der Waals surface area (Å²) in [5, 5.41) is 102. The minimum absolute atomic E-state index is 0.0192. The number of hydrogen-bond donors (Lipinski definition) is 10. The van der Waals surface area contributed by atoms with Crippen molar-refractivity contribution in [2.24, 2.45) is 0 Å². The predicted octanol–water partition coefficient (Wildman–Crippen LogP) is 17.9. The third-order valence-electron chi connectivity index (χ3n) is 23.5. The van der Waals surface area contributed by atoms with Crippen molar-refractivity contribution in [3.05, 3.63) is 12.2 Å². The van der Waals surface area contributed by atoms with Crippen LogP contribution in [-0.4, -0.2) is 205 Å². The molecule has 0 bridgehead atoms. The van der Waals surface area contributed by atoms with Gasteiger partial charge in [-0.25, -0.2) is 4.57 Å². The maximum Gasteiger partial charge on any atom is 0.472 e. The molecule has 3 rings (SSSR count). The molecule has 694 valence electrons. The Hall–Kier alpha value is -2.79. The van der Waals surface area contributed by atoms with Crippen molar-refractivity contribution in [1.29, 1.82) is 0 Å². The van der Waals surface area contributed by atoms with Crippen LogP contribution in [0, 0.1) is 0 Å². The zero-order chi connectivity index (χ0) is 86.1. The minimum atomic E-state index is -5.80. The number of ether oxygens (including phenoxy) is 8. The fourth-order valence-electron chi connectivity index (χ4n) is 15.9. The molecular formula is C92H171O25P. The van der Waals surface area contributed by atoms with Gasteiger partial charge in [-0.1, -0.05) is 354 Å². The highest BCUT2D eigenvalue weighted by Crippen LogP contribution is 2.49. The van der Waals surface area contributed by atoms with Crippen molar-refractivity contribution >= 4 is 31.7 Å². The standard InChI is InChI=1S/C92H171O25P/c1-5-9-13-17-21-25-29-33-36-39-42-45-49-53-57-61-65-76(95)109-71-74-80(99)82(101)86(105)92(113-74)116-89-87(114-78(97)67-63-59-55-51-46-40-32-28-24-20-16-12-8-4)83(102)84(103)88(115-91-85(104)81(100)79(98)73(68-93)112-91)90(89)117-118(106,107)110-70-72(111-77(96)66-62-58-54-50-47-43-38-35-31-27-23-19-15-11-7-3)69-108-75(94)64-60-56-52-48-44-41-37-34-30-26-22-18-14-10-6-2/h26,30,72-74,79-93,98-105H,5-25,27-29,31-71H2,1-4H3,(H,106,107)/b30-26-. The van der Waals surface area contributed by atoms with E-state index in [-0.39, 0.29) is 25.7 Å². The molecule has 2 heterocycles. The molecule has 2 saturated heterocycles. The molecule has 1 saturated carbocycles. The van der Waals surface area contributed by atoms with Crippen LogP contribution in [0.1, 0.15) is 419 Å². The first-order chi connectivity index (χ1) is 57.2. The summed E-state index contributed by atoms with van der Waals surface area (Å²) in [5.74, 6) is -2.95. The monoisotopic (exact) mass is 1710 g/mol. The lowest BCUT2D eigenvalue weighted by Gasteiger charge is -2.50. The summed E-state index contributed by atoms with van der Waals surface area (Å²) in [6.07, 6.45) is 30.5. The molecule has 0 aromatic rings. The third kappa shape index (κ3) is 51.0. The molecule has 25 nitrogen and oxygen atoms in total. The van der Waals surface area contributed by atoms with E-state index >= 15 is 0 Å². The fraction of sp³-hybridized carbons (Fsp3) is 0.935.